The van der Waals surface area contributed by atoms with Crippen LogP contribution in [0.1, 0.15) is 23.6 Å². The Hall–Kier alpha value is -2.84. The fraction of sp³-hybridized carbons (Fsp3) is 0.333. The number of piperazine rings is 1. The number of benzene rings is 1. The van der Waals surface area contributed by atoms with Gasteiger partial charge in [0.25, 0.3) is 0 Å². The Kier molecular flexibility index (Phi) is 7.28. The van der Waals surface area contributed by atoms with E-state index in [2.05, 4.69) is 11.4 Å². The van der Waals surface area contributed by atoms with Crippen LogP contribution >= 0.6 is 11.8 Å². The zero-order chi connectivity index (χ0) is 24.3. The van der Waals surface area contributed by atoms with E-state index >= 15 is 0 Å². The standard InChI is InChI=1S/C24H26N4O4S2/c1-3-32-23(29)14-21-17(2)24(28-16-18(15-25)4-9-22(21)28)33-19-5-7-20(8-6-19)34(30,31)27-12-10-26-11-13-27/h4-9,16,26H,3,10-14H2,1-2H3. The number of pyridine rings is 1. The summed E-state index contributed by atoms with van der Waals surface area (Å²) in [6, 6.07) is 12.6. The van der Waals surface area contributed by atoms with Crippen LogP contribution in [-0.4, -0.2) is 55.9 Å². The Morgan fingerprint density at radius 3 is 2.53 bits per heavy atom. The molecule has 2 aromatic heterocycles. The molecule has 0 saturated carbocycles. The number of ether oxygens (including phenoxy) is 1. The van der Waals surface area contributed by atoms with Crippen molar-refractivity contribution < 1.29 is 17.9 Å². The third-order valence-corrected chi connectivity index (χ3v) is 8.87. The number of hydrogen-bond donors (Lipinski definition) is 1. The van der Waals surface area contributed by atoms with E-state index in [4.69, 9.17) is 4.74 Å². The molecule has 34 heavy (non-hydrogen) atoms. The van der Waals surface area contributed by atoms with E-state index in [1.165, 1.54) is 16.1 Å². The summed E-state index contributed by atoms with van der Waals surface area (Å²) in [4.78, 5) is 13.3. The summed E-state index contributed by atoms with van der Waals surface area (Å²) in [5.41, 5.74) is 3.11. The summed E-state index contributed by atoms with van der Waals surface area (Å²) in [6.07, 6.45) is 1.89. The van der Waals surface area contributed by atoms with Crippen LogP contribution < -0.4 is 5.32 Å². The molecule has 1 aliphatic heterocycles. The highest BCUT2D eigenvalue weighted by atomic mass is 32.2. The van der Waals surface area contributed by atoms with Crippen molar-refractivity contribution in [3.05, 3.63) is 59.3 Å². The maximum atomic E-state index is 12.9. The normalized spacial score (nSPS) is 14.7. The van der Waals surface area contributed by atoms with Crippen LogP contribution in [-0.2, 0) is 26.0 Å². The molecule has 3 heterocycles. The van der Waals surface area contributed by atoms with Crippen LogP contribution in [0.4, 0.5) is 0 Å². The predicted octanol–water partition coefficient (Wildman–Crippen LogP) is 2.97. The zero-order valence-electron chi connectivity index (χ0n) is 19.1. The largest absolute Gasteiger partial charge is 0.466 e. The first-order chi connectivity index (χ1) is 16.3. The van der Waals surface area contributed by atoms with Crippen LogP contribution in [0.2, 0.25) is 0 Å². The molecule has 1 aliphatic rings. The molecule has 4 rings (SSSR count). The topological polar surface area (TPSA) is 104 Å². The molecule has 0 aliphatic carbocycles. The Morgan fingerprint density at radius 1 is 1.18 bits per heavy atom. The fourth-order valence-corrected chi connectivity index (χ4v) is 6.48. The average molecular weight is 499 g/mol. The van der Waals surface area contributed by atoms with Gasteiger partial charge in [0.2, 0.25) is 10.0 Å². The minimum Gasteiger partial charge on any atom is -0.466 e. The summed E-state index contributed by atoms with van der Waals surface area (Å²) >= 11 is 1.46. The lowest BCUT2D eigenvalue weighted by Gasteiger charge is -2.26. The molecule has 1 saturated heterocycles. The van der Waals surface area contributed by atoms with Gasteiger partial charge in [-0.15, -0.1) is 0 Å². The first kappa shape index (κ1) is 24.3. The minimum atomic E-state index is -3.53. The van der Waals surface area contributed by atoms with Crippen molar-refractivity contribution in [2.24, 2.45) is 0 Å². The molecule has 0 amide bonds. The Bertz CT molecular complexity index is 1350. The number of rotatable bonds is 7. The van der Waals surface area contributed by atoms with E-state index < -0.39 is 10.0 Å². The molecule has 8 nitrogen and oxygen atoms in total. The maximum absolute atomic E-state index is 12.9. The van der Waals surface area contributed by atoms with Gasteiger partial charge in [-0.1, -0.05) is 11.8 Å². The number of sulfonamides is 1. The van der Waals surface area contributed by atoms with Crippen LogP contribution in [0, 0.1) is 18.3 Å². The Labute approximate surface area is 203 Å². The molecule has 0 radical (unpaired) electrons. The van der Waals surface area contributed by atoms with Crippen LogP contribution in [0.25, 0.3) is 5.52 Å². The van der Waals surface area contributed by atoms with Crippen LogP contribution in [0.15, 0.2) is 57.4 Å². The van der Waals surface area contributed by atoms with Gasteiger partial charge in [-0.3, -0.25) is 4.79 Å². The molecule has 10 heteroatoms. The number of aromatic nitrogens is 1. The van der Waals surface area contributed by atoms with Crippen molar-refractivity contribution in [3.8, 4) is 6.07 Å². The van der Waals surface area contributed by atoms with Gasteiger partial charge in [-0.05, 0) is 61.4 Å². The average Bonchev–Trinajstić information content (AvgIpc) is 3.10. The predicted molar refractivity (Wildman–Crippen MR) is 129 cm³/mol. The molecule has 1 N–H and O–H groups in total. The molecule has 0 unspecified atom stereocenters. The van der Waals surface area contributed by atoms with Gasteiger partial charge in [-0.2, -0.15) is 9.57 Å². The van der Waals surface area contributed by atoms with E-state index in [1.54, 1.807) is 43.5 Å². The van der Waals surface area contributed by atoms with E-state index in [-0.39, 0.29) is 17.3 Å². The number of esters is 1. The van der Waals surface area contributed by atoms with Gasteiger partial charge in [-0.25, -0.2) is 8.42 Å². The van der Waals surface area contributed by atoms with E-state index in [1.807, 2.05) is 17.4 Å². The number of hydrogen-bond acceptors (Lipinski definition) is 7. The molecule has 1 aromatic carbocycles. The van der Waals surface area contributed by atoms with Crippen molar-refractivity contribution in [2.45, 2.75) is 35.1 Å². The Morgan fingerprint density at radius 2 is 1.88 bits per heavy atom. The second kappa shape index (κ2) is 10.2. The lowest BCUT2D eigenvalue weighted by atomic mass is 10.1. The molecule has 0 spiro atoms. The second-order valence-electron chi connectivity index (χ2n) is 7.90. The highest BCUT2D eigenvalue weighted by Crippen LogP contribution is 2.36. The monoisotopic (exact) mass is 498 g/mol. The van der Waals surface area contributed by atoms with Crippen LogP contribution in [0.3, 0.4) is 0 Å². The lowest BCUT2D eigenvalue weighted by molar-refractivity contribution is -0.142. The van der Waals surface area contributed by atoms with E-state index in [0.29, 0.717) is 38.3 Å². The van der Waals surface area contributed by atoms with Crippen molar-refractivity contribution in [1.29, 1.82) is 5.26 Å². The van der Waals surface area contributed by atoms with E-state index in [0.717, 1.165) is 26.6 Å². The first-order valence-corrected chi connectivity index (χ1v) is 13.3. The van der Waals surface area contributed by atoms with Gasteiger partial charge in [0, 0.05) is 37.3 Å². The first-order valence-electron chi connectivity index (χ1n) is 11.0. The summed E-state index contributed by atoms with van der Waals surface area (Å²) < 4.78 is 34.4. The second-order valence-corrected chi connectivity index (χ2v) is 10.9. The number of carbonyl (C=O) groups excluding carboxylic acids is 1. The highest BCUT2D eigenvalue weighted by Gasteiger charge is 2.26. The minimum absolute atomic E-state index is 0.136. The van der Waals surface area contributed by atoms with Gasteiger partial charge in [0.1, 0.15) is 6.07 Å². The molecule has 0 bridgehead atoms. The third-order valence-electron chi connectivity index (χ3n) is 5.76. The van der Waals surface area contributed by atoms with Crippen molar-refractivity contribution in [1.82, 2.24) is 14.0 Å². The Balaban J connectivity index is 1.67. The number of carbonyl (C=O) groups is 1. The molecular formula is C24H26N4O4S2. The number of nitrogens with zero attached hydrogens (tertiary/aromatic N) is 3. The quantitative estimate of drug-likeness (QED) is 0.500. The maximum Gasteiger partial charge on any atom is 0.310 e. The van der Waals surface area contributed by atoms with Gasteiger partial charge in [0.05, 0.1) is 34.0 Å². The fourth-order valence-electron chi connectivity index (χ4n) is 4.01. The highest BCUT2D eigenvalue weighted by molar-refractivity contribution is 7.99. The lowest BCUT2D eigenvalue weighted by Crippen LogP contribution is -2.46. The summed E-state index contributed by atoms with van der Waals surface area (Å²) in [5, 5.41) is 13.4. The summed E-state index contributed by atoms with van der Waals surface area (Å²) in [7, 11) is -3.53. The molecule has 1 fully saturated rings. The zero-order valence-corrected chi connectivity index (χ0v) is 20.7. The van der Waals surface area contributed by atoms with Gasteiger partial charge >= 0.3 is 5.97 Å². The molecule has 3 aromatic rings. The summed E-state index contributed by atoms with van der Waals surface area (Å²) in [6.45, 7) is 6.23. The van der Waals surface area contributed by atoms with Gasteiger partial charge < -0.3 is 14.5 Å². The molecular weight excluding hydrogens is 472 g/mol. The van der Waals surface area contributed by atoms with Crippen LogP contribution in [0.5, 0.6) is 0 Å². The van der Waals surface area contributed by atoms with Gasteiger partial charge in [0.15, 0.2) is 0 Å². The van der Waals surface area contributed by atoms with Crippen molar-refractivity contribution >= 4 is 33.3 Å². The van der Waals surface area contributed by atoms with Crippen molar-refractivity contribution in [3.63, 3.8) is 0 Å². The SMILES string of the molecule is CCOC(=O)Cc1c(C)c(Sc2ccc(S(=O)(=O)N3CCNCC3)cc2)n2cc(C#N)ccc12. The van der Waals surface area contributed by atoms with Crippen molar-refractivity contribution in [2.75, 3.05) is 32.8 Å². The van der Waals surface area contributed by atoms with E-state index in [9.17, 15) is 18.5 Å². The number of nitriles is 1. The molecule has 0 atom stereocenters. The number of fused-ring (bicyclic) bond motifs is 1. The molecule has 178 valence electrons. The number of nitrogens with one attached hydrogen (secondary N) is 1. The third kappa shape index (κ3) is 4.83. The summed E-state index contributed by atoms with van der Waals surface area (Å²) in [5.74, 6) is -0.304. The smallest absolute Gasteiger partial charge is 0.310 e.